The molecule has 3 aliphatic heterocycles. The van der Waals surface area contributed by atoms with Crippen LogP contribution in [0.25, 0.3) is 10.9 Å². The minimum atomic E-state index is -1.37. The number of imide groups is 1. The summed E-state index contributed by atoms with van der Waals surface area (Å²) in [6.07, 6.45) is 2.39. The Labute approximate surface area is 224 Å². The number of aromatic amines is 1. The lowest BCUT2D eigenvalue weighted by Crippen LogP contribution is -2.53. The van der Waals surface area contributed by atoms with Gasteiger partial charge in [0.25, 0.3) is 0 Å². The molecule has 4 heterocycles. The average molecular weight is 519 g/mol. The van der Waals surface area contributed by atoms with Gasteiger partial charge in [0.1, 0.15) is 5.54 Å². The molecule has 4 atom stereocenters. The fraction of sp³-hybridized carbons (Fsp3) is 0.226. The number of H-pyrrole nitrogens is 1. The lowest BCUT2D eigenvalue weighted by atomic mass is 9.76. The van der Waals surface area contributed by atoms with E-state index in [1.54, 1.807) is 24.3 Å². The summed E-state index contributed by atoms with van der Waals surface area (Å²) in [6, 6.07) is 19.6. The van der Waals surface area contributed by atoms with Crippen LogP contribution in [0.15, 0.2) is 72.9 Å². The highest BCUT2D eigenvalue weighted by Crippen LogP contribution is 2.54. The molecule has 0 aliphatic carbocycles. The van der Waals surface area contributed by atoms with E-state index in [0.29, 0.717) is 28.9 Å². The molecule has 0 radical (unpaired) electrons. The van der Waals surface area contributed by atoms with Crippen molar-refractivity contribution in [2.24, 2.45) is 11.8 Å². The second kappa shape index (κ2) is 8.22. The molecule has 39 heavy (non-hydrogen) atoms. The maximum Gasteiger partial charge on any atom is 0.250 e. The summed E-state index contributed by atoms with van der Waals surface area (Å²) in [6.45, 7) is 3.41. The second-order valence-electron chi connectivity index (χ2n) is 10.7. The first kappa shape index (κ1) is 23.5. The van der Waals surface area contributed by atoms with Crippen molar-refractivity contribution in [2.45, 2.75) is 31.8 Å². The number of carbonyl (C=O) groups excluding carboxylic acids is 4. The van der Waals surface area contributed by atoms with Crippen LogP contribution in [0.1, 0.15) is 34.0 Å². The molecule has 4 aromatic rings. The van der Waals surface area contributed by atoms with Gasteiger partial charge in [0.15, 0.2) is 5.78 Å². The van der Waals surface area contributed by atoms with Gasteiger partial charge in [-0.1, -0.05) is 35.9 Å². The second-order valence-corrected chi connectivity index (χ2v) is 10.7. The van der Waals surface area contributed by atoms with Crippen molar-refractivity contribution in [3.8, 4) is 0 Å². The number of anilines is 2. The smallest absolute Gasteiger partial charge is 0.250 e. The Morgan fingerprint density at radius 1 is 0.974 bits per heavy atom. The Balaban J connectivity index is 1.36. The third-order valence-electron chi connectivity index (χ3n) is 8.52. The van der Waals surface area contributed by atoms with Crippen LogP contribution >= 0.6 is 0 Å². The number of fused-ring (bicyclic) bond motifs is 5. The van der Waals surface area contributed by atoms with Gasteiger partial charge in [0.05, 0.1) is 17.5 Å². The topological polar surface area (TPSA) is 111 Å². The molecular formula is C31H26N4O4. The number of nitrogens with one attached hydrogen (secondary N) is 3. The van der Waals surface area contributed by atoms with Crippen molar-refractivity contribution in [2.75, 3.05) is 10.2 Å². The van der Waals surface area contributed by atoms with Crippen molar-refractivity contribution >= 4 is 45.8 Å². The van der Waals surface area contributed by atoms with E-state index in [9.17, 15) is 19.2 Å². The van der Waals surface area contributed by atoms with Crippen LogP contribution in [-0.4, -0.2) is 34.5 Å². The zero-order valence-electron chi connectivity index (χ0n) is 21.4. The standard InChI is InChI=1S/C31H26N4O4/c1-16-7-12-24-22(13-16)31(30(39)33-24)27-26(25(34-31)14-19-15-32-23-6-4-3-5-21(19)23)28(37)35(29(27)38)20-10-8-18(9-11-20)17(2)36/h3-13,15,25-27,32,34H,14H2,1-2H3,(H,33,39)/t25?,26-,27+,31?/m1/s1. The first-order valence-electron chi connectivity index (χ1n) is 13.0. The van der Waals surface area contributed by atoms with E-state index < -0.39 is 29.3 Å². The molecule has 2 saturated heterocycles. The molecule has 0 saturated carbocycles. The maximum absolute atomic E-state index is 14.2. The van der Waals surface area contributed by atoms with Gasteiger partial charge >= 0.3 is 0 Å². The number of aromatic nitrogens is 1. The van der Waals surface area contributed by atoms with Crippen LogP contribution in [0.2, 0.25) is 0 Å². The fourth-order valence-electron chi connectivity index (χ4n) is 6.73. The van der Waals surface area contributed by atoms with Gasteiger partial charge in [0.2, 0.25) is 17.7 Å². The number of hydrogen-bond donors (Lipinski definition) is 3. The molecular weight excluding hydrogens is 492 g/mol. The van der Waals surface area contributed by atoms with Crippen molar-refractivity contribution in [1.29, 1.82) is 0 Å². The highest BCUT2D eigenvalue weighted by molar-refractivity contribution is 6.26. The van der Waals surface area contributed by atoms with Crippen molar-refractivity contribution in [3.05, 3.63) is 95.2 Å². The molecule has 2 unspecified atom stereocenters. The molecule has 7 rings (SSSR count). The van der Waals surface area contributed by atoms with Gasteiger partial charge in [0, 0.05) is 40.0 Å². The number of para-hydroxylation sites is 1. The molecule has 2 fully saturated rings. The van der Waals surface area contributed by atoms with Crippen LogP contribution in [0, 0.1) is 18.8 Å². The number of hydrogen-bond acceptors (Lipinski definition) is 5. The van der Waals surface area contributed by atoms with Crippen LogP contribution in [-0.2, 0) is 26.3 Å². The van der Waals surface area contributed by atoms with E-state index in [4.69, 9.17) is 0 Å². The summed E-state index contributed by atoms with van der Waals surface area (Å²) in [5.74, 6) is -2.86. The number of nitrogens with zero attached hydrogens (tertiary/aromatic N) is 1. The summed E-state index contributed by atoms with van der Waals surface area (Å²) < 4.78 is 0. The number of Topliss-reactive ketones (excluding diaryl/α,β-unsaturated/α-hetero) is 1. The first-order valence-corrected chi connectivity index (χ1v) is 13.0. The quantitative estimate of drug-likeness (QED) is 0.281. The zero-order valence-corrected chi connectivity index (χ0v) is 21.4. The van der Waals surface area contributed by atoms with Gasteiger partial charge in [-0.25, -0.2) is 4.90 Å². The zero-order chi connectivity index (χ0) is 27.1. The van der Waals surface area contributed by atoms with Gasteiger partial charge < -0.3 is 10.3 Å². The molecule has 0 bridgehead atoms. The largest absolute Gasteiger partial charge is 0.361 e. The predicted molar refractivity (Wildman–Crippen MR) is 146 cm³/mol. The fourth-order valence-corrected chi connectivity index (χ4v) is 6.73. The molecule has 1 aromatic heterocycles. The molecule has 3 N–H and O–H groups in total. The number of aryl methyl sites for hydroxylation is 1. The molecule has 8 heteroatoms. The van der Waals surface area contributed by atoms with E-state index in [2.05, 4.69) is 15.6 Å². The number of rotatable bonds is 4. The first-order chi connectivity index (χ1) is 18.8. The Kier molecular flexibility index (Phi) is 4.96. The third-order valence-corrected chi connectivity index (χ3v) is 8.52. The van der Waals surface area contributed by atoms with Gasteiger partial charge in [-0.2, -0.15) is 0 Å². The monoisotopic (exact) mass is 518 g/mol. The normalized spacial score (nSPS) is 25.4. The Hall–Kier alpha value is -4.56. The summed E-state index contributed by atoms with van der Waals surface area (Å²) >= 11 is 0. The Morgan fingerprint density at radius 2 is 1.74 bits per heavy atom. The summed E-state index contributed by atoms with van der Waals surface area (Å²) in [5.41, 5.74) is 3.80. The van der Waals surface area contributed by atoms with Gasteiger partial charge in [-0.05, 0) is 62.2 Å². The summed E-state index contributed by atoms with van der Waals surface area (Å²) in [7, 11) is 0. The van der Waals surface area contributed by atoms with Crippen molar-refractivity contribution in [1.82, 2.24) is 10.3 Å². The number of amides is 3. The van der Waals surface area contributed by atoms with Gasteiger partial charge in [-0.3, -0.25) is 24.5 Å². The highest BCUT2D eigenvalue weighted by Gasteiger charge is 2.70. The van der Waals surface area contributed by atoms with Crippen LogP contribution in [0.5, 0.6) is 0 Å². The minimum absolute atomic E-state index is 0.103. The number of carbonyl (C=O) groups is 4. The van der Waals surface area contributed by atoms with Crippen molar-refractivity contribution < 1.29 is 19.2 Å². The van der Waals surface area contributed by atoms with Crippen molar-refractivity contribution in [3.63, 3.8) is 0 Å². The Morgan fingerprint density at radius 3 is 2.51 bits per heavy atom. The predicted octanol–water partition coefficient (Wildman–Crippen LogP) is 3.85. The van der Waals surface area contributed by atoms with E-state index in [0.717, 1.165) is 22.0 Å². The summed E-state index contributed by atoms with van der Waals surface area (Å²) in [5, 5.41) is 7.52. The summed E-state index contributed by atoms with van der Waals surface area (Å²) in [4.78, 5) is 58.4. The van der Waals surface area contributed by atoms with Crippen LogP contribution in [0.4, 0.5) is 11.4 Å². The molecule has 3 aliphatic rings. The van der Waals surface area contributed by atoms with Gasteiger partial charge in [-0.15, -0.1) is 0 Å². The van der Waals surface area contributed by atoms with E-state index >= 15 is 0 Å². The van der Waals surface area contributed by atoms with Crippen LogP contribution < -0.4 is 15.5 Å². The molecule has 1 spiro atoms. The van der Waals surface area contributed by atoms with E-state index in [1.165, 1.54) is 11.8 Å². The maximum atomic E-state index is 14.2. The minimum Gasteiger partial charge on any atom is -0.361 e. The molecule has 194 valence electrons. The number of ketones is 1. The van der Waals surface area contributed by atoms with E-state index in [-0.39, 0.29) is 17.6 Å². The Bertz CT molecular complexity index is 1720. The number of benzene rings is 3. The van der Waals surface area contributed by atoms with E-state index in [1.807, 2.05) is 55.6 Å². The lowest BCUT2D eigenvalue weighted by Gasteiger charge is -2.29. The molecule has 8 nitrogen and oxygen atoms in total. The average Bonchev–Trinajstić information content (AvgIpc) is 3.63. The highest BCUT2D eigenvalue weighted by atomic mass is 16.2. The third kappa shape index (κ3) is 3.21. The molecule has 3 aromatic carbocycles. The lowest BCUT2D eigenvalue weighted by molar-refractivity contribution is -0.130. The molecule has 3 amide bonds. The SMILES string of the molecule is CC(=O)c1ccc(N2C(=O)[C@@H]3C(Cc4c[nH]c5ccccc45)NC4(C(=O)Nc5ccc(C)cc54)[C@@H]3C2=O)cc1. The van der Waals surface area contributed by atoms with Crippen LogP contribution in [0.3, 0.4) is 0 Å².